The van der Waals surface area contributed by atoms with Crippen molar-refractivity contribution in [1.82, 2.24) is 20.7 Å². The van der Waals surface area contributed by atoms with Gasteiger partial charge in [-0.3, -0.25) is 9.89 Å². The molecule has 0 saturated heterocycles. The van der Waals surface area contributed by atoms with Crippen molar-refractivity contribution in [2.24, 2.45) is 0 Å². The molecule has 0 radical (unpaired) electrons. The Balaban J connectivity index is 1.75. The number of benzene rings is 2. The number of hydrogen-bond donors (Lipinski definition) is 3. The van der Waals surface area contributed by atoms with Gasteiger partial charge in [0.2, 0.25) is 5.91 Å². The average Bonchev–Trinajstić information content (AvgIpc) is 3.28. The molecule has 0 aliphatic heterocycles. The molecule has 0 fully saturated rings. The number of carbonyl (C=O) groups is 1. The van der Waals surface area contributed by atoms with Gasteiger partial charge in [-0.15, -0.1) is 0 Å². The van der Waals surface area contributed by atoms with Gasteiger partial charge >= 0.3 is 0 Å². The number of aryl methyl sites for hydroxylation is 1. The molecule has 4 aromatic rings. The summed E-state index contributed by atoms with van der Waals surface area (Å²) in [4.78, 5) is 19.3. The Bertz CT molecular complexity index is 1150. The number of amides is 1. The van der Waals surface area contributed by atoms with E-state index in [0.717, 1.165) is 22.0 Å². The first-order valence-electron chi connectivity index (χ1n) is 8.39. The van der Waals surface area contributed by atoms with E-state index >= 15 is 0 Å². The predicted molar refractivity (Wildman–Crippen MR) is 100 cm³/mol. The van der Waals surface area contributed by atoms with E-state index in [2.05, 4.69) is 20.7 Å². The van der Waals surface area contributed by atoms with Crippen LogP contribution >= 0.6 is 0 Å². The van der Waals surface area contributed by atoms with Crippen molar-refractivity contribution in [3.05, 3.63) is 60.0 Å². The molecule has 3 N–H and O–H groups in total. The number of para-hydroxylation sites is 1. The highest BCUT2D eigenvalue weighted by molar-refractivity contribution is 5.95. The highest BCUT2D eigenvalue weighted by Crippen LogP contribution is 2.34. The maximum Gasteiger partial charge on any atom is 0.249 e. The quantitative estimate of drug-likeness (QED) is 0.477. The lowest BCUT2D eigenvalue weighted by Crippen LogP contribution is -2.24. The molecule has 2 heterocycles. The van der Waals surface area contributed by atoms with Gasteiger partial charge in [0.05, 0.1) is 11.4 Å². The second kappa shape index (κ2) is 6.60. The first-order chi connectivity index (χ1) is 13.0. The molecule has 1 amide bonds. The predicted octanol–water partition coefficient (Wildman–Crippen LogP) is 4.10. The zero-order chi connectivity index (χ0) is 19.0. The molecule has 0 saturated carbocycles. The number of nitrogens with zero attached hydrogens (tertiary/aromatic N) is 1. The van der Waals surface area contributed by atoms with Gasteiger partial charge in [-0.25, -0.2) is 4.39 Å². The van der Waals surface area contributed by atoms with Crippen LogP contribution in [-0.2, 0) is 4.79 Å². The third-order valence-corrected chi connectivity index (χ3v) is 4.33. The fourth-order valence-electron chi connectivity index (χ4n) is 3.06. The van der Waals surface area contributed by atoms with Crippen LogP contribution in [0.25, 0.3) is 33.4 Å². The molecule has 136 valence electrons. The molecule has 0 unspecified atom stereocenters. The van der Waals surface area contributed by atoms with Crippen LogP contribution in [0.4, 0.5) is 4.39 Å². The summed E-state index contributed by atoms with van der Waals surface area (Å²) in [6, 6.07) is 12.9. The zero-order valence-corrected chi connectivity index (χ0v) is 14.8. The molecule has 27 heavy (non-hydrogen) atoms. The third kappa shape index (κ3) is 3.03. The van der Waals surface area contributed by atoms with Crippen molar-refractivity contribution < 1.29 is 14.0 Å². The fourth-order valence-corrected chi connectivity index (χ4v) is 3.06. The van der Waals surface area contributed by atoms with Gasteiger partial charge in [0, 0.05) is 35.2 Å². The second-order valence-electron chi connectivity index (χ2n) is 6.24. The Labute approximate surface area is 154 Å². The first-order valence-corrected chi connectivity index (χ1v) is 8.39. The number of carbonyl (C=O) groups excluding carboxylic acids is 1. The number of hydrogen-bond acceptors (Lipinski definition) is 3. The van der Waals surface area contributed by atoms with E-state index in [1.54, 1.807) is 19.1 Å². The number of halogens is 1. The molecule has 0 spiro atoms. The number of H-pyrrole nitrogens is 2. The lowest BCUT2D eigenvalue weighted by Gasteiger charge is -2.10. The minimum Gasteiger partial charge on any atom is -0.376 e. The minimum absolute atomic E-state index is 0.0611. The van der Waals surface area contributed by atoms with Gasteiger partial charge < -0.3 is 9.82 Å². The molecule has 0 bridgehead atoms. The van der Waals surface area contributed by atoms with E-state index in [1.165, 1.54) is 13.0 Å². The van der Waals surface area contributed by atoms with Crippen molar-refractivity contribution in [3.8, 4) is 28.3 Å². The maximum atomic E-state index is 14.9. The normalized spacial score (nSPS) is 10.9. The van der Waals surface area contributed by atoms with Crippen molar-refractivity contribution in [2.45, 2.75) is 13.8 Å². The lowest BCUT2D eigenvalue weighted by atomic mass is 10.0. The van der Waals surface area contributed by atoms with E-state index in [1.807, 2.05) is 30.5 Å². The molecule has 7 heteroatoms. The van der Waals surface area contributed by atoms with Crippen LogP contribution in [0.2, 0.25) is 0 Å². The van der Waals surface area contributed by atoms with Crippen molar-refractivity contribution in [1.29, 1.82) is 0 Å². The summed E-state index contributed by atoms with van der Waals surface area (Å²) in [6.07, 6.45) is 1.88. The topological polar surface area (TPSA) is 82.8 Å². The van der Waals surface area contributed by atoms with Crippen molar-refractivity contribution in [2.75, 3.05) is 0 Å². The number of nitrogens with one attached hydrogen (secondary N) is 3. The molecule has 0 aliphatic rings. The molecular weight excluding hydrogens is 347 g/mol. The van der Waals surface area contributed by atoms with Crippen molar-refractivity contribution >= 4 is 16.8 Å². The molecule has 6 nitrogen and oxygen atoms in total. The Kier molecular flexibility index (Phi) is 4.12. The van der Waals surface area contributed by atoms with E-state index in [0.29, 0.717) is 17.0 Å². The number of fused-ring (bicyclic) bond motifs is 1. The summed E-state index contributed by atoms with van der Waals surface area (Å²) in [5.41, 5.74) is 6.36. The van der Waals surface area contributed by atoms with E-state index in [4.69, 9.17) is 4.84 Å². The van der Waals surface area contributed by atoms with Gasteiger partial charge in [0.25, 0.3) is 0 Å². The Morgan fingerprint density at radius 1 is 1.22 bits per heavy atom. The summed E-state index contributed by atoms with van der Waals surface area (Å²) < 4.78 is 14.9. The standard InChI is InChI=1S/C20H17FN4O2/c1-11-7-8-18(27-25-12(2)26)20(21)19(11)17-9-16(23-24-17)14-10-22-15-6-4-3-5-13(14)15/h3-10,22H,1-2H3,(H,23,24)(H,25,26). The Hall–Kier alpha value is -3.61. The monoisotopic (exact) mass is 364 g/mol. The Morgan fingerprint density at radius 3 is 2.85 bits per heavy atom. The summed E-state index contributed by atoms with van der Waals surface area (Å²) in [6.45, 7) is 3.09. The van der Waals surface area contributed by atoms with Crippen LogP contribution in [0.15, 0.2) is 48.7 Å². The molecule has 2 aromatic heterocycles. The van der Waals surface area contributed by atoms with Crippen molar-refractivity contribution in [3.63, 3.8) is 0 Å². The van der Waals surface area contributed by atoms with E-state index < -0.39 is 11.7 Å². The highest BCUT2D eigenvalue weighted by Gasteiger charge is 2.18. The molecule has 0 atom stereocenters. The van der Waals surface area contributed by atoms with Gasteiger partial charge in [0.15, 0.2) is 11.6 Å². The number of aromatic amines is 2. The molecule has 2 aromatic carbocycles. The maximum absolute atomic E-state index is 14.9. The fraction of sp³-hybridized carbons (Fsp3) is 0.100. The zero-order valence-electron chi connectivity index (χ0n) is 14.8. The molecule has 4 rings (SSSR count). The number of rotatable bonds is 4. The van der Waals surface area contributed by atoms with Crippen LogP contribution in [0.5, 0.6) is 5.75 Å². The SMILES string of the molecule is CC(=O)NOc1ccc(C)c(-c2cc(-c3c[nH]c4ccccc34)n[nH]2)c1F. The van der Waals surface area contributed by atoms with Gasteiger partial charge in [0.1, 0.15) is 0 Å². The highest BCUT2D eigenvalue weighted by atomic mass is 19.1. The number of hydroxylamine groups is 1. The smallest absolute Gasteiger partial charge is 0.249 e. The molecular formula is C20H17FN4O2. The summed E-state index contributed by atoms with van der Waals surface area (Å²) in [5, 5.41) is 8.29. The average molecular weight is 364 g/mol. The largest absolute Gasteiger partial charge is 0.376 e. The first kappa shape index (κ1) is 16.8. The van der Waals surface area contributed by atoms with Crippen LogP contribution in [0.1, 0.15) is 12.5 Å². The van der Waals surface area contributed by atoms with Gasteiger partial charge in [-0.2, -0.15) is 10.6 Å². The van der Waals surface area contributed by atoms with Crippen LogP contribution in [-0.4, -0.2) is 21.1 Å². The lowest BCUT2D eigenvalue weighted by molar-refractivity contribution is -0.125. The van der Waals surface area contributed by atoms with Gasteiger partial charge in [-0.1, -0.05) is 24.3 Å². The summed E-state index contributed by atoms with van der Waals surface area (Å²) in [7, 11) is 0. The Morgan fingerprint density at radius 2 is 2.04 bits per heavy atom. The van der Waals surface area contributed by atoms with Gasteiger partial charge in [-0.05, 0) is 30.7 Å². The minimum atomic E-state index is -0.571. The van der Waals surface area contributed by atoms with Crippen LogP contribution < -0.4 is 10.3 Å². The summed E-state index contributed by atoms with van der Waals surface area (Å²) >= 11 is 0. The van der Waals surface area contributed by atoms with Crippen LogP contribution in [0, 0.1) is 12.7 Å². The second-order valence-corrected chi connectivity index (χ2v) is 6.24. The summed E-state index contributed by atoms with van der Waals surface area (Å²) in [5.74, 6) is -1.05. The number of aromatic nitrogens is 3. The molecule has 0 aliphatic carbocycles. The van der Waals surface area contributed by atoms with Crippen LogP contribution in [0.3, 0.4) is 0 Å². The van der Waals surface area contributed by atoms with E-state index in [9.17, 15) is 9.18 Å². The van der Waals surface area contributed by atoms with E-state index in [-0.39, 0.29) is 5.75 Å². The third-order valence-electron chi connectivity index (χ3n) is 4.33.